The summed E-state index contributed by atoms with van der Waals surface area (Å²) in [7, 11) is 0. The van der Waals surface area contributed by atoms with E-state index in [4.69, 9.17) is 0 Å². The third-order valence-corrected chi connectivity index (χ3v) is 3.37. The van der Waals surface area contributed by atoms with Crippen LogP contribution in [0.5, 0.6) is 0 Å². The van der Waals surface area contributed by atoms with Gasteiger partial charge in [0.15, 0.2) is 5.65 Å². The highest BCUT2D eigenvalue weighted by molar-refractivity contribution is 5.38. The highest BCUT2D eigenvalue weighted by atomic mass is 15.1. The summed E-state index contributed by atoms with van der Waals surface area (Å²) in [6.45, 7) is 6.60. The van der Waals surface area contributed by atoms with E-state index in [1.807, 2.05) is 37.6 Å². The largest absolute Gasteiger partial charge is 0.348 e. The van der Waals surface area contributed by atoms with E-state index in [1.165, 1.54) is 0 Å². The molecule has 0 atom stereocenters. The van der Waals surface area contributed by atoms with Crippen LogP contribution in [0.25, 0.3) is 5.65 Å². The van der Waals surface area contributed by atoms with Gasteiger partial charge in [0.25, 0.3) is 0 Å². The fourth-order valence-electron chi connectivity index (χ4n) is 2.00. The predicted molar refractivity (Wildman–Crippen MR) is 76.6 cm³/mol. The Kier molecular flexibility index (Phi) is 3.06. The first kappa shape index (κ1) is 12.5. The van der Waals surface area contributed by atoms with Gasteiger partial charge in [-0.25, -0.2) is 15.0 Å². The molecule has 0 aromatic carbocycles. The number of hydrogen-bond acceptors (Lipinski definition) is 5. The maximum absolute atomic E-state index is 4.47. The predicted octanol–water partition coefficient (Wildman–Crippen LogP) is 2.06. The lowest BCUT2D eigenvalue weighted by molar-refractivity contribution is 0.966. The molecule has 3 aromatic heterocycles. The molecule has 20 heavy (non-hydrogen) atoms. The number of aryl methyl sites for hydroxylation is 2. The van der Waals surface area contributed by atoms with Gasteiger partial charge in [0.2, 0.25) is 5.95 Å². The van der Waals surface area contributed by atoms with E-state index in [9.17, 15) is 0 Å². The number of nitrogens with one attached hydrogen (secondary N) is 1. The second-order valence-corrected chi connectivity index (χ2v) is 4.77. The van der Waals surface area contributed by atoms with Gasteiger partial charge in [0.05, 0.1) is 18.4 Å². The Bertz CT molecular complexity index is 705. The summed E-state index contributed by atoms with van der Waals surface area (Å²) in [5.41, 5.74) is 4.90. The molecule has 0 amide bonds. The van der Waals surface area contributed by atoms with E-state index in [-0.39, 0.29) is 0 Å². The standard InChI is InChI=1S/C14H16N6/c1-9-10(2)17-14(18-11(9)3)16-6-12-8-20-5-4-15-7-13(20)19-12/h4-5,7-8H,6H2,1-3H3,(H,16,17,18). The van der Waals surface area contributed by atoms with Crippen molar-refractivity contribution in [2.24, 2.45) is 0 Å². The second kappa shape index (κ2) is 4.88. The topological polar surface area (TPSA) is 68.0 Å². The summed E-state index contributed by atoms with van der Waals surface area (Å²) in [4.78, 5) is 17.4. The monoisotopic (exact) mass is 268 g/mol. The minimum Gasteiger partial charge on any atom is -0.348 e. The SMILES string of the molecule is Cc1nc(NCc2cn3ccncc3n2)nc(C)c1C. The third kappa shape index (κ3) is 2.32. The Morgan fingerprint density at radius 1 is 1.10 bits per heavy atom. The molecular weight excluding hydrogens is 252 g/mol. The molecule has 0 spiro atoms. The maximum Gasteiger partial charge on any atom is 0.223 e. The summed E-state index contributed by atoms with van der Waals surface area (Å²) in [6, 6.07) is 0. The van der Waals surface area contributed by atoms with E-state index < -0.39 is 0 Å². The third-order valence-electron chi connectivity index (χ3n) is 3.37. The molecule has 0 aliphatic rings. The first-order chi connectivity index (χ1) is 9.63. The number of anilines is 1. The van der Waals surface area contributed by atoms with Gasteiger partial charge in [-0.2, -0.15) is 0 Å². The van der Waals surface area contributed by atoms with Gasteiger partial charge in [-0.05, 0) is 26.3 Å². The van der Waals surface area contributed by atoms with Crippen molar-refractivity contribution in [3.63, 3.8) is 0 Å². The minimum atomic E-state index is 0.587. The van der Waals surface area contributed by atoms with Crippen molar-refractivity contribution in [1.29, 1.82) is 0 Å². The normalized spacial score (nSPS) is 10.9. The van der Waals surface area contributed by atoms with Crippen LogP contribution in [0.4, 0.5) is 5.95 Å². The maximum atomic E-state index is 4.47. The molecule has 3 aromatic rings. The first-order valence-electron chi connectivity index (χ1n) is 6.47. The quantitative estimate of drug-likeness (QED) is 0.787. The van der Waals surface area contributed by atoms with E-state index in [0.717, 1.165) is 28.3 Å². The number of aromatic nitrogens is 5. The molecule has 0 bridgehead atoms. The lowest BCUT2D eigenvalue weighted by Crippen LogP contribution is -2.07. The Labute approximate surface area is 116 Å². The summed E-state index contributed by atoms with van der Waals surface area (Å²) < 4.78 is 1.94. The van der Waals surface area contributed by atoms with Gasteiger partial charge in [-0.3, -0.25) is 4.98 Å². The van der Waals surface area contributed by atoms with Crippen LogP contribution >= 0.6 is 0 Å². The summed E-state index contributed by atoms with van der Waals surface area (Å²) in [6.07, 6.45) is 7.32. The van der Waals surface area contributed by atoms with Gasteiger partial charge in [0, 0.05) is 30.0 Å². The summed E-state index contributed by atoms with van der Waals surface area (Å²) in [5.74, 6) is 0.640. The smallest absolute Gasteiger partial charge is 0.223 e. The van der Waals surface area contributed by atoms with Gasteiger partial charge in [-0.1, -0.05) is 0 Å². The average Bonchev–Trinajstić information content (AvgIpc) is 2.85. The molecular formula is C14H16N6. The van der Waals surface area contributed by atoms with Crippen LogP contribution in [0.3, 0.4) is 0 Å². The highest BCUT2D eigenvalue weighted by Gasteiger charge is 2.06. The van der Waals surface area contributed by atoms with Crippen LogP contribution in [0.15, 0.2) is 24.8 Å². The van der Waals surface area contributed by atoms with Gasteiger partial charge < -0.3 is 9.72 Å². The van der Waals surface area contributed by atoms with Crippen molar-refractivity contribution in [2.45, 2.75) is 27.3 Å². The molecule has 0 saturated carbocycles. The molecule has 0 aliphatic carbocycles. The van der Waals surface area contributed by atoms with Crippen LogP contribution in [0, 0.1) is 20.8 Å². The van der Waals surface area contributed by atoms with Gasteiger partial charge in [-0.15, -0.1) is 0 Å². The zero-order valence-corrected chi connectivity index (χ0v) is 11.8. The average molecular weight is 268 g/mol. The number of imidazole rings is 1. The van der Waals surface area contributed by atoms with E-state index in [2.05, 4.69) is 25.3 Å². The fourth-order valence-corrected chi connectivity index (χ4v) is 2.00. The van der Waals surface area contributed by atoms with Crippen LogP contribution in [-0.4, -0.2) is 24.3 Å². The lowest BCUT2D eigenvalue weighted by atomic mass is 10.2. The van der Waals surface area contributed by atoms with Gasteiger partial charge >= 0.3 is 0 Å². The summed E-state index contributed by atoms with van der Waals surface area (Å²) in [5, 5.41) is 3.21. The highest BCUT2D eigenvalue weighted by Crippen LogP contribution is 2.12. The zero-order chi connectivity index (χ0) is 14.1. The Hall–Kier alpha value is -2.50. The molecule has 1 N–H and O–H groups in total. The molecule has 6 nitrogen and oxygen atoms in total. The van der Waals surface area contributed by atoms with Crippen molar-refractivity contribution in [3.8, 4) is 0 Å². The molecule has 0 unspecified atom stereocenters. The van der Waals surface area contributed by atoms with Crippen molar-refractivity contribution in [2.75, 3.05) is 5.32 Å². The van der Waals surface area contributed by atoms with Crippen LogP contribution in [0.1, 0.15) is 22.6 Å². The molecule has 0 aliphatic heterocycles. The Balaban J connectivity index is 1.79. The number of rotatable bonds is 3. The Morgan fingerprint density at radius 2 is 1.85 bits per heavy atom. The molecule has 6 heteroatoms. The summed E-state index contributed by atoms with van der Waals surface area (Å²) >= 11 is 0. The zero-order valence-electron chi connectivity index (χ0n) is 11.8. The Morgan fingerprint density at radius 3 is 2.55 bits per heavy atom. The minimum absolute atomic E-state index is 0.587. The second-order valence-electron chi connectivity index (χ2n) is 4.77. The van der Waals surface area contributed by atoms with Gasteiger partial charge in [0.1, 0.15) is 0 Å². The van der Waals surface area contributed by atoms with Crippen molar-refractivity contribution >= 4 is 11.6 Å². The molecule has 0 saturated heterocycles. The van der Waals surface area contributed by atoms with Crippen LogP contribution < -0.4 is 5.32 Å². The van der Waals surface area contributed by atoms with E-state index in [1.54, 1.807) is 12.4 Å². The molecule has 0 radical (unpaired) electrons. The van der Waals surface area contributed by atoms with E-state index in [0.29, 0.717) is 12.5 Å². The van der Waals surface area contributed by atoms with Crippen molar-refractivity contribution < 1.29 is 0 Å². The van der Waals surface area contributed by atoms with Crippen LogP contribution in [-0.2, 0) is 6.54 Å². The molecule has 102 valence electrons. The van der Waals surface area contributed by atoms with E-state index >= 15 is 0 Å². The molecule has 0 fully saturated rings. The molecule has 3 rings (SSSR count). The fraction of sp³-hybridized carbons (Fsp3) is 0.286. The number of fused-ring (bicyclic) bond motifs is 1. The number of hydrogen-bond donors (Lipinski definition) is 1. The van der Waals surface area contributed by atoms with Crippen molar-refractivity contribution in [3.05, 3.63) is 47.4 Å². The number of nitrogens with zero attached hydrogens (tertiary/aromatic N) is 5. The first-order valence-corrected chi connectivity index (χ1v) is 6.47. The van der Waals surface area contributed by atoms with Crippen LogP contribution in [0.2, 0.25) is 0 Å². The van der Waals surface area contributed by atoms with Crippen molar-refractivity contribution in [1.82, 2.24) is 24.3 Å². The lowest BCUT2D eigenvalue weighted by Gasteiger charge is -2.07. The molecule has 3 heterocycles.